The summed E-state index contributed by atoms with van der Waals surface area (Å²) in [7, 11) is 1.68. The Kier molecular flexibility index (Phi) is 6.76. The number of hydrogen-bond acceptors (Lipinski definition) is 3. The summed E-state index contributed by atoms with van der Waals surface area (Å²) in [4.78, 5) is 13.3. The highest BCUT2D eigenvalue weighted by Crippen LogP contribution is 2.25. The zero-order chi connectivity index (χ0) is 15.2. The van der Waals surface area contributed by atoms with Crippen LogP contribution in [0.15, 0.2) is 0 Å². The summed E-state index contributed by atoms with van der Waals surface area (Å²) < 4.78 is 5.84. The topological polar surface area (TPSA) is 61.8 Å². The van der Waals surface area contributed by atoms with Gasteiger partial charge in [-0.1, -0.05) is 19.8 Å². The highest BCUT2D eigenvalue weighted by atomic mass is 16.5. The number of nitrogens with zero attached hydrogens (tertiary/aromatic N) is 1. The van der Waals surface area contributed by atoms with Crippen molar-refractivity contribution in [1.82, 2.24) is 10.2 Å². The van der Waals surface area contributed by atoms with Crippen LogP contribution in [-0.2, 0) is 4.74 Å². The second kappa shape index (κ2) is 7.84. The minimum atomic E-state index is -0.875. The van der Waals surface area contributed by atoms with Gasteiger partial charge in [-0.25, -0.2) is 4.79 Å². The SMILES string of the molecule is C[C@H]1CCCC[C@@H]1OCCNC(=O)N(C)CC(C)(C)O. The summed E-state index contributed by atoms with van der Waals surface area (Å²) in [6.07, 6.45) is 5.27. The number of ether oxygens (including phenoxy) is 1. The van der Waals surface area contributed by atoms with Crippen molar-refractivity contribution in [3.63, 3.8) is 0 Å². The quantitative estimate of drug-likeness (QED) is 0.734. The van der Waals surface area contributed by atoms with Gasteiger partial charge in [0.1, 0.15) is 0 Å². The number of amides is 2. The van der Waals surface area contributed by atoms with E-state index in [1.807, 2.05) is 0 Å². The normalized spacial score (nSPS) is 23.4. The van der Waals surface area contributed by atoms with Gasteiger partial charge in [0, 0.05) is 13.6 Å². The van der Waals surface area contributed by atoms with Crippen LogP contribution in [-0.4, -0.2) is 54.5 Å². The van der Waals surface area contributed by atoms with Crippen molar-refractivity contribution in [3.05, 3.63) is 0 Å². The average Bonchev–Trinajstić information content (AvgIpc) is 2.34. The van der Waals surface area contributed by atoms with Gasteiger partial charge in [0.15, 0.2) is 0 Å². The molecule has 0 radical (unpaired) electrons. The van der Waals surface area contributed by atoms with E-state index in [1.165, 1.54) is 24.2 Å². The number of hydrogen-bond donors (Lipinski definition) is 2. The van der Waals surface area contributed by atoms with Gasteiger partial charge in [-0.05, 0) is 32.6 Å². The van der Waals surface area contributed by atoms with Gasteiger partial charge in [-0.15, -0.1) is 0 Å². The van der Waals surface area contributed by atoms with E-state index in [9.17, 15) is 9.90 Å². The Morgan fingerprint density at radius 3 is 2.65 bits per heavy atom. The van der Waals surface area contributed by atoms with Crippen LogP contribution in [0.3, 0.4) is 0 Å². The molecule has 0 heterocycles. The smallest absolute Gasteiger partial charge is 0.317 e. The van der Waals surface area contributed by atoms with Gasteiger partial charge < -0.3 is 20.1 Å². The van der Waals surface area contributed by atoms with Crippen molar-refractivity contribution < 1.29 is 14.6 Å². The minimum Gasteiger partial charge on any atom is -0.389 e. The molecule has 1 aliphatic carbocycles. The molecule has 118 valence electrons. The lowest BCUT2D eigenvalue weighted by molar-refractivity contribution is -0.00294. The zero-order valence-corrected chi connectivity index (χ0v) is 13.3. The molecule has 2 N–H and O–H groups in total. The van der Waals surface area contributed by atoms with Crippen molar-refractivity contribution in [3.8, 4) is 0 Å². The first kappa shape index (κ1) is 17.2. The third kappa shape index (κ3) is 6.57. The molecule has 2 atom stereocenters. The first-order chi connectivity index (χ1) is 9.29. The van der Waals surface area contributed by atoms with Gasteiger partial charge in [0.05, 0.1) is 24.9 Å². The molecular weight excluding hydrogens is 256 g/mol. The Labute approximate surface area is 122 Å². The Balaban J connectivity index is 2.15. The largest absolute Gasteiger partial charge is 0.389 e. The molecule has 0 aromatic heterocycles. The number of carbonyl (C=O) groups is 1. The van der Waals surface area contributed by atoms with E-state index in [-0.39, 0.29) is 6.03 Å². The number of aliphatic hydroxyl groups is 1. The number of carbonyl (C=O) groups excluding carboxylic acids is 1. The van der Waals surface area contributed by atoms with Crippen molar-refractivity contribution in [2.24, 2.45) is 5.92 Å². The van der Waals surface area contributed by atoms with Crippen LogP contribution in [0.5, 0.6) is 0 Å². The Hall–Kier alpha value is -0.810. The fraction of sp³-hybridized carbons (Fsp3) is 0.933. The second-order valence-electron chi connectivity index (χ2n) is 6.57. The molecular formula is C15H30N2O3. The number of likely N-dealkylation sites (N-methyl/N-ethyl adjacent to an activating group) is 1. The maximum Gasteiger partial charge on any atom is 0.317 e. The summed E-state index contributed by atoms with van der Waals surface area (Å²) >= 11 is 0. The maximum atomic E-state index is 11.8. The summed E-state index contributed by atoms with van der Waals surface area (Å²) in [5, 5.41) is 12.5. The molecule has 0 saturated heterocycles. The van der Waals surface area contributed by atoms with Gasteiger partial charge >= 0.3 is 6.03 Å². The monoisotopic (exact) mass is 286 g/mol. The van der Waals surface area contributed by atoms with E-state index >= 15 is 0 Å². The average molecular weight is 286 g/mol. The van der Waals surface area contributed by atoms with Crippen molar-refractivity contribution >= 4 is 6.03 Å². The lowest BCUT2D eigenvalue weighted by Gasteiger charge is -2.29. The molecule has 0 bridgehead atoms. The molecule has 0 spiro atoms. The van der Waals surface area contributed by atoms with Crippen LogP contribution in [0.25, 0.3) is 0 Å². The maximum absolute atomic E-state index is 11.8. The Bertz CT molecular complexity index is 302. The zero-order valence-electron chi connectivity index (χ0n) is 13.3. The van der Waals surface area contributed by atoms with E-state index in [0.29, 0.717) is 31.7 Å². The standard InChI is InChI=1S/C15H30N2O3/c1-12-7-5-6-8-13(12)20-10-9-16-14(18)17(4)11-15(2,3)19/h12-13,19H,5-11H2,1-4H3,(H,16,18)/t12-,13-/m0/s1. The van der Waals surface area contributed by atoms with Crippen LogP contribution in [0.2, 0.25) is 0 Å². The van der Waals surface area contributed by atoms with Crippen LogP contribution in [0.4, 0.5) is 4.79 Å². The van der Waals surface area contributed by atoms with Crippen LogP contribution < -0.4 is 5.32 Å². The minimum absolute atomic E-state index is 0.174. The molecule has 5 nitrogen and oxygen atoms in total. The molecule has 0 unspecified atom stereocenters. The Morgan fingerprint density at radius 2 is 2.05 bits per heavy atom. The van der Waals surface area contributed by atoms with Crippen molar-refractivity contribution in [1.29, 1.82) is 0 Å². The van der Waals surface area contributed by atoms with E-state index in [0.717, 1.165) is 6.42 Å². The molecule has 1 saturated carbocycles. The third-order valence-electron chi connectivity index (χ3n) is 3.71. The lowest BCUT2D eigenvalue weighted by Crippen LogP contribution is -2.45. The van der Waals surface area contributed by atoms with E-state index in [1.54, 1.807) is 20.9 Å². The predicted octanol–water partition coefficient (Wildman–Crippen LogP) is 1.99. The van der Waals surface area contributed by atoms with Gasteiger partial charge in [-0.2, -0.15) is 0 Å². The van der Waals surface area contributed by atoms with Gasteiger partial charge in [0.2, 0.25) is 0 Å². The highest BCUT2D eigenvalue weighted by molar-refractivity contribution is 5.73. The Morgan fingerprint density at radius 1 is 1.40 bits per heavy atom. The summed E-state index contributed by atoms with van der Waals surface area (Å²) in [6.45, 7) is 6.98. The molecule has 5 heteroatoms. The first-order valence-electron chi connectivity index (χ1n) is 7.62. The molecule has 1 fully saturated rings. The summed E-state index contributed by atoms with van der Waals surface area (Å²) in [6, 6.07) is -0.174. The molecule has 0 aliphatic heterocycles. The first-order valence-corrected chi connectivity index (χ1v) is 7.62. The van der Waals surface area contributed by atoms with E-state index < -0.39 is 5.60 Å². The molecule has 0 aromatic rings. The van der Waals surface area contributed by atoms with Gasteiger partial charge in [0.25, 0.3) is 0 Å². The third-order valence-corrected chi connectivity index (χ3v) is 3.71. The molecule has 20 heavy (non-hydrogen) atoms. The van der Waals surface area contributed by atoms with Gasteiger partial charge in [-0.3, -0.25) is 0 Å². The molecule has 1 aliphatic rings. The molecule has 1 rings (SSSR count). The highest BCUT2D eigenvalue weighted by Gasteiger charge is 2.22. The van der Waals surface area contributed by atoms with Crippen LogP contribution in [0.1, 0.15) is 46.5 Å². The fourth-order valence-corrected chi connectivity index (χ4v) is 2.69. The van der Waals surface area contributed by atoms with Crippen LogP contribution >= 0.6 is 0 Å². The lowest BCUT2D eigenvalue weighted by atomic mass is 9.88. The summed E-state index contributed by atoms with van der Waals surface area (Å²) in [5.41, 5.74) is -0.875. The van der Waals surface area contributed by atoms with E-state index in [2.05, 4.69) is 12.2 Å². The molecule has 0 aromatic carbocycles. The number of nitrogens with one attached hydrogen (secondary N) is 1. The van der Waals surface area contributed by atoms with E-state index in [4.69, 9.17) is 4.74 Å². The number of rotatable bonds is 6. The molecule has 2 amide bonds. The predicted molar refractivity (Wildman–Crippen MR) is 79.7 cm³/mol. The number of urea groups is 1. The van der Waals surface area contributed by atoms with Crippen molar-refractivity contribution in [2.45, 2.75) is 58.2 Å². The van der Waals surface area contributed by atoms with Crippen LogP contribution in [0, 0.1) is 5.92 Å². The summed E-state index contributed by atoms with van der Waals surface area (Å²) in [5.74, 6) is 0.623. The fourth-order valence-electron chi connectivity index (χ4n) is 2.69. The van der Waals surface area contributed by atoms with Crippen molar-refractivity contribution in [2.75, 3.05) is 26.7 Å². The second-order valence-corrected chi connectivity index (χ2v) is 6.57.